The molecule has 0 aliphatic carbocycles. The summed E-state index contributed by atoms with van der Waals surface area (Å²) < 4.78 is 45.3. The van der Waals surface area contributed by atoms with Gasteiger partial charge >= 0.3 is 0 Å². The summed E-state index contributed by atoms with van der Waals surface area (Å²) >= 11 is 5.94. The number of nitrogens with one attached hydrogen (secondary N) is 1. The van der Waals surface area contributed by atoms with Crippen molar-refractivity contribution >= 4 is 21.6 Å². The number of hydrogen-bond acceptors (Lipinski definition) is 3. The van der Waals surface area contributed by atoms with Gasteiger partial charge in [-0.25, -0.2) is 17.5 Å². The standard InChI is InChI=1S/C13H17ClFNO3S/c1-9(12-3-2-10(15)8-13(12)14)16-20(17,18)11-4-6-19-7-5-11/h2-3,8-9,11,16H,4-7H2,1H3. The van der Waals surface area contributed by atoms with Gasteiger partial charge in [-0.1, -0.05) is 17.7 Å². The van der Waals surface area contributed by atoms with Crippen LogP contribution in [0, 0.1) is 5.82 Å². The van der Waals surface area contributed by atoms with E-state index in [1.54, 1.807) is 6.92 Å². The summed E-state index contributed by atoms with van der Waals surface area (Å²) in [6, 6.07) is 3.43. The van der Waals surface area contributed by atoms with Gasteiger partial charge in [0, 0.05) is 24.3 Å². The zero-order valence-electron chi connectivity index (χ0n) is 11.1. The number of rotatable bonds is 4. The zero-order chi connectivity index (χ0) is 14.8. The zero-order valence-corrected chi connectivity index (χ0v) is 12.7. The van der Waals surface area contributed by atoms with E-state index in [0.717, 1.165) is 0 Å². The van der Waals surface area contributed by atoms with Crippen molar-refractivity contribution in [2.24, 2.45) is 0 Å². The van der Waals surface area contributed by atoms with Gasteiger partial charge in [-0.2, -0.15) is 0 Å². The fourth-order valence-corrected chi connectivity index (χ4v) is 4.20. The summed E-state index contributed by atoms with van der Waals surface area (Å²) in [6.07, 6.45) is 0.971. The lowest BCUT2D eigenvalue weighted by Crippen LogP contribution is -2.39. The van der Waals surface area contributed by atoms with Gasteiger partial charge in [0.1, 0.15) is 5.82 Å². The first-order valence-electron chi connectivity index (χ1n) is 6.44. The van der Waals surface area contributed by atoms with E-state index in [0.29, 0.717) is 31.6 Å². The Kier molecular flexibility index (Phi) is 5.01. The van der Waals surface area contributed by atoms with Crippen LogP contribution in [0.25, 0.3) is 0 Å². The second-order valence-corrected chi connectivity index (χ2v) is 7.26. The molecule has 7 heteroatoms. The molecule has 0 amide bonds. The SMILES string of the molecule is CC(NS(=O)(=O)C1CCOCC1)c1ccc(F)cc1Cl. The number of ether oxygens (including phenoxy) is 1. The minimum absolute atomic E-state index is 0.215. The first-order valence-corrected chi connectivity index (χ1v) is 8.36. The maximum absolute atomic E-state index is 13.0. The van der Waals surface area contributed by atoms with E-state index in [-0.39, 0.29) is 5.02 Å². The Bertz CT molecular complexity index is 573. The predicted molar refractivity (Wildman–Crippen MR) is 75.7 cm³/mol. The van der Waals surface area contributed by atoms with E-state index < -0.39 is 27.1 Å². The fourth-order valence-electron chi connectivity index (χ4n) is 2.25. The van der Waals surface area contributed by atoms with Crippen LogP contribution >= 0.6 is 11.6 Å². The van der Waals surface area contributed by atoms with Crippen molar-refractivity contribution in [2.45, 2.75) is 31.1 Å². The third-order valence-electron chi connectivity index (χ3n) is 3.38. The van der Waals surface area contributed by atoms with Gasteiger partial charge in [0.05, 0.1) is 5.25 Å². The monoisotopic (exact) mass is 321 g/mol. The molecule has 0 radical (unpaired) electrons. The molecule has 1 aromatic rings. The predicted octanol–water partition coefficient (Wildman–Crippen LogP) is 2.64. The molecule has 1 aliphatic heterocycles. The molecule has 0 bridgehead atoms. The molecule has 2 rings (SSSR count). The summed E-state index contributed by atoms with van der Waals surface area (Å²) in [5.41, 5.74) is 0.559. The average Bonchev–Trinajstić information content (AvgIpc) is 2.39. The molecule has 112 valence electrons. The van der Waals surface area contributed by atoms with Crippen molar-refractivity contribution < 1.29 is 17.5 Å². The van der Waals surface area contributed by atoms with Crippen LogP contribution in [0.1, 0.15) is 31.4 Å². The highest BCUT2D eigenvalue weighted by molar-refractivity contribution is 7.90. The lowest BCUT2D eigenvalue weighted by atomic mass is 10.1. The molecular formula is C13H17ClFNO3S. The Morgan fingerprint density at radius 3 is 2.65 bits per heavy atom. The van der Waals surface area contributed by atoms with Gasteiger partial charge in [-0.05, 0) is 37.5 Å². The van der Waals surface area contributed by atoms with Gasteiger partial charge in [-0.15, -0.1) is 0 Å². The van der Waals surface area contributed by atoms with E-state index in [9.17, 15) is 12.8 Å². The van der Waals surface area contributed by atoms with Crippen LogP contribution < -0.4 is 4.72 Å². The molecule has 1 atom stereocenters. The van der Waals surface area contributed by atoms with Crippen molar-refractivity contribution in [1.29, 1.82) is 0 Å². The van der Waals surface area contributed by atoms with Crippen LogP contribution in [0.2, 0.25) is 5.02 Å². The van der Waals surface area contributed by atoms with Gasteiger partial charge in [0.25, 0.3) is 0 Å². The van der Waals surface area contributed by atoms with Crippen LogP contribution in [0.4, 0.5) is 4.39 Å². The van der Waals surface area contributed by atoms with Crippen LogP contribution in [0.15, 0.2) is 18.2 Å². The molecule has 1 aromatic carbocycles. The van der Waals surface area contributed by atoms with Gasteiger partial charge in [0.15, 0.2) is 0 Å². The number of halogens is 2. The van der Waals surface area contributed by atoms with Crippen molar-refractivity contribution in [2.75, 3.05) is 13.2 Å². The molecule has 0 aromatic heterocycles. The van der Waals surface area contributed by atoms with E-state index >= 15 is 0 Å². The van der Waals surface area contributed by atoms with E-state index in [2.05, 4.69) is 4.72 Å². The quantitative estimate of drug-likeness (QED) is 0.927. The largest absolute Gasteiger partial charge is 0.381 e. The molecule has 1 saturated heterocycles. The van der Waals surface area contributed by atoms with Gasteiger partial charge in [0.2, 0.25) is 10.0 Å². The van der Waals surface area contributed by atoms with E-state index in [4.69, 9.17) is 16.3 Å². The molecule has 0 saturated carbocycles. The second-order valence-electron chi connectivity index (χ2n) is 4.86. The molecule has 1 aliphatic rings. The highest BCUT2D eigenvalue weighted by atomic mass is 35.5. The Morgan fingerprint density at radius 2 is 2.05 bits per heavy atom. The van der Waals surface area contributed by atoms with Crippen molar-refractivity contribution in [3.63, 3.8) is 0 Å². The van der Waals surface area contributed by atoms with Gasteiger partial charge < -0.3 is 4.74 Å². The minimum atomic E-state index is -3.44. The van der Waals surface area contributed by atoms with Crippen LogP contribution in [-0.4, -0.2) is 26.9 Å². The van der Waals surface area contributed by atoms with Crippen LogP contribution in [-0.2, 0) is 14.8 Å². The third kappa shape index (κ3) is 3.69. The van der Waals surface area contributed by atoms with E-state index in [1.165, 1.54) is 18.2 Å². The highest BCUT2D eigenvalue weighted by Crippen LogP contribution is 2.25. The first kappa shape index (κ1) is 15.7. The van der Waals surface area contributed by atoms with Crippen molar-refractivity contribution in [3.8, 4) is 0 Å². The number of benzene rings is 1. The summed E-state index contributed by atoms with van der Waals surface area (Å²) in [6.45, 7) is 2.60. The third-order valence-corrected chi connectivity index (χ3v) is 5.74. The average molecular weight is 322 g/mol. The van der Waals surface area contributed by atoms with Crippen LogP contribution in [0.5, 0.6) is 0 Å². The van der Waals surface area contributed by atoms with E-state index in [1.807, 2.05) is 0 Å². The summed E-state index contributed by atoms with van der Waals surface area (Å²) in [4.78, 5) is 0. The fraction of sp³-hybridized carbons (Fsp3) is 0.538. The van der Waals surface area contributed by atoms with Crippen molar-refractivity contribution in [3.05, 3.63) is 34.6 Å². The summed E-state index contributed by atoms with van der Waals surface area (Å²) in [5, 5.41) is -0.231. The van der Waals surface area contributed by atoms with Crippen LogP contribution in [0.3, 0.4) is 0 Å². The minimum Gasteiger partial charge on any atom is -0.381 e. The maximum atomic E-state index is 13.0. The van der Waals surface area contributed by atoms with Gasteiger partial charge in [-0.3, -0.25) is 0 Å². The lowest BCUT2D eigenvalue weighted by Gasteiger charge is -2.25. The maximum Gasteiger partial charge on any atom is 0.215 e. The van der Waals surface area contributed by atoms with Crippen molar-refractivity contribution in [1.82, 2.24) is 4.72 Å². The normalized spacial score (nSPS) is 18.9. The number of sulfonamides is 1. The first-order chi connectivity index (χ1) is 9.40. The second kappa shape index (κ2) is 6.39. The Hall–Kier alpha value is -0.690. The molecule has 1 fully saturated rings. The molecule has 4 nitrogen and oxygen atoms in total. The highest BCUT2D eigenvalue weighted by Gasteiger charge is 2.29. The topological polar surface area (TPSA) is 55.4 Å². The summed E-state index contributed by atoms with van der Waals surface area (Å²) in [5.74, 6) is -0.446. The Balaban J connectivity index is 2.11. The Labute approximate surface area is 123 Å². The lowest BCUT2D eigenvalue weighted by molar-refractivity contribution is 0.0981. The molecule has 20 heavy (non-hydrogen) atoms. The Morgan fingerprint density at radius 1 is 1.40 bits per heavy atom. The molecule has 1 heterocycles. The number of hydrogen-bond donors (Lipinski definition) is 1. The molecule has 1 N–H and O–H groups in total. The summed E-state index contributed by atoms with van der Waals surface area (Å²) in [7, 11) is -3.44. The molecule has 1 unspecified atom stereocenters. The smallest absolute Gasteiger partial charge is 0.215 e. The molecular weight excluding hydrogens is 305 g/mol. The molecule has 0 spiro atoms.